The average molecular weight is 511 g/mol. The van der Waals surface area contributed by atoms with Crippen molar-refractivity contribution in [3.8, 4) is 17.1 Å². The Morgan fingerprint density at radius 3 is 2.47 bits per heavy atom. The van der Waals surface area contributed by atoms with Crippen molar-refractivity contribution >= 4 is 46.6 Å². The van der Waals surface area contributed by atoms with Gasteiger partial charge in [-0.25, -0.2) is 5.43 Å². The van der Waals surface area contributed by atoms with Crippen LogP contribution in [-0.2, 0) is 4.79 Å². The van der Waals surface area contributed by atoms with Gasteiger partial charge in [-0.3, -0.25) is 14.3 Å². The minimum absolute atomic E-state index is 0.110. The molecule has 0 aliphatic heterocycles. The van der Waals surface area contributed by atoms with Gasteiger partial charge in [-0.2, -0.15) is 5.10 Å². The number of nitrogens with zero attached hydrogens (tertiary/aromatic N) is 5. The molecular weight excluding hydrogens is 491 g/mol. The number of hydrogen-bond acceptors (Lipinski definition) is 6. The summed E-state index contributed by atoms with van der Waals surface area (Å²) in [6.07, 6.45) is 3.41. The van der Waals surface area contributed by atoms with Gasteiger partial charge in [0.1, 0.15) is 0 Å². The van der Waals surface area contributed by atoms with Gasteiger partial charge >= 0.3 is 0 Å². The zero-order valence-electron chi connectivity index (χ0n) is 18.4. The molecule has 0 aliphatic carbocycles. The molecule has 0 spiro atoms. The maximum absolute atomic E-state index is 12.5. The fraction of sp³-hybridized carbons (Fsp3) is 0.125. The summed E-state index contributed by atoms with van der Waals surface area (Å²) in [4.78, 5) is 16.6. The molecule has 2 aromatic carbocycles. The molecule has 7 nitrogen and oxygen atoms in total. The van der Waals surface area contributed by atoms with Gasteiger partial charge in [0.2, 0.25) is 0 Å². The molecule has 0 saturated heterocycles. The van der Waals surface area contributed by atoms with Crippen LogP contribution in [-0.4, -0.2) is 37.1 Å². The summed E-state index contributed by atoms with van der Waals surface area (Å²) in [6.45, 7) is 3.81. The number of rotatable bonds is 7. The van der Waals surface area contributed by atoms with Crippen LogP contribution in [0.1, 0.15) is 18.1 Å². The molecule has 34 heavy (non-hydrogen) atoms. The van der Waals surface area contributed by atoms with Crippen LogP contribution < -0.4 is 5.43 Å². The fourth-order valence-electron chi connectivity index (χ4n) is 3.07. The number of hydrogen-bond donors (Lipinski definition) is 1. The number of carbonyl (C=O) groups excluding carboxylic acids is 1. The Kier molecular flexibility index (Phi) is 7.62. The van der Waals surface area contributed by atoms with Gasteiger partial charge in [0.15, 0.2) is 11.0 Å². The molecule has 0 radical (unpaired) electrons. The lowest BCUT2D eigenvalue weighted by molar-refractivity contribution is -0.118. The van der Waals surface area contributed by atoms with Crippen LogP contribution >= 0.6 is 35.0 Å². The summed E-state index contributed by atoms with van der Waals surface area (Å²) >= 11 is 13.3. The van der Waals surface area contributed by atoms with E-state index < -0.39 is 0 Å². The van der Waals surface area contributed by atoms with Gasteiger partial charge in [0.05, 0.1) is 21.5 Å². The van der Waals surface area contributed by atoms with E-state index in [0.717, 1.165) is 22.4 Å². The lowest BCUT2D eigenvalue weighted by Gasteiger charge is -2.10. The highest BCUT2D eigenvalue weighted by Crippen LogP contribution is 2.28. The SMILES string of the molecule is CC(=NNC(=O)CSc1nnc(-c2ccncc2)n1-c1ccc(C)cc1)c1ccc(Cl)c(Cl)c1. The minimum Gasteiger partial charge on any atom is -0.272 e. The molecule has 0 saturated carbocycles. The third kappa shape index (κ3) is 5.64. The van der Waals surface area contributed by atoms with E-state index in [1.54, 1.807) is 37.5 Å². The molecule has 4 aromatic rings. The molecule has 0 fully saturated rings. The molecular formula is C24H20Cl2N6OS. The van der Waals surface area contributed by atoms with Crippen molar-refractivity contribution in [2.24, 2.45) is 5.10 Å². The highest BCUT2D eigenvalue weighted by molar-refractivity contribution is 7.99. The third-order valence-corrected chi connectivity index (χ3v) is 6.55. The predicted octanol–water partition coefficient (Wildman–Crippen LogP) is 5.58. The Labute approximate surface area is 211 Å². The summed E-state index contributed by atoms with van der Waals surface area (Å²) in [5, 5.41) is 14.4. The van der Waals surface area contributed by atoms with E-state index in [1.165, 1.54) is 11.8 Å². The van der Waals surface area contributed by atoms with E-state index in [0.29, 0.717) is 26.7 Å². The standard InChI is InChI=1S/C24H20Cl2N6OS/c1-15-3-6-19(7-4-15)32-23(17-9-11-27-12-10-17)30-31-24(32)34-14-22(33)29-28-16(2)18-5-8-20(25)21(26)13-18/h3-13H,14H2,1-2H3,(H,29,33). The first-order valence-corrected chi connectivity index (χ1v) is 12.0. The number of carbonyl (C=O) groups is 1. The Hall–Kier alpha value is -3.20. The first-order chi connectivity index (χ1) is 16.4. The number of benzene rings is 2. The van der Waals surface area contributed by atoms with Gasteiger partial charge in [-0.1, -0.05) is 58.7 Å². The highest BCUT2D eigenvalue weighted by atomic mass is 35.5. The number of thioether (sulfide) groups is 1. The normalized spacial score (nSPS) is 11.5. The molecule has 2 aromatic heterocycles. The second-order valence-corrected chi connectivity index (χ2v) is 9.12. The number of halogens is 2. The quantitative estimate of drug-likeness (QED) is 0.199. The van der Waals surface area contributed by atoms with E-state index >= 15 is 0 Å². The fourth-order valence-corrected chi connectivity index (χ4v) is 4.11. The molecule has 4 rings (SSSR count). The maximum Gasteiger partial charge on any atom is 0.250 e. The van der Waals surface area contributed by atoms with Crippen LogP contribution in [0.15, 0.2) is 77.2 Å². The van der Waals surface area contributed by atoms with Crippen molar-refractivity contribution in [1.82, 2.24) is 25.2 Å². The average Bonchev–Trinajstić information content (AvgIpc) is 3.28. The molecule has 1 amide bonds. The number of hydrazone groups is 1. The van der Waals surface area contributed by atoms with Crippen molar-refractivity contribution in [2.45, 2.75) is 19.0 Å². The van der Waals surface area contributed by atoms with Gasteiger partial charge < -0.3 is 0 Å². The van der Waals surface area contributed by atoms with Crippen molar-refractivity contribution in [3.05, 3.63) is 88.2 Å². The maximum atomic E-state index is 12.5. The summed E-state index contributed by atoms with van der Waals surface area (Å²) < 4.78 is 1.93. The van der Waals surface area contributed by atoms with Crippen LogP contribution in [0.5, 0.6) is 0 Å². The number of nitrogens with one attached hydrogen (secondary N) is 1. The smallest absolute Gasteiger partial charge is 0.250 e. The topological polar surface area (TPSA) is 85.1 Å². The van der Waals surface area contributed by atoms with Crippen LogP contribution in [0.25, 0.3) is 17.1 Å². The first kappa shape index (κ1) is 23.9. The van der Waals surface area contributed by atoms with Crippen LogP contribution in [0, 0.1) is 6.92 Å². The van der Waals surface area contributed by atoms with Crippen molar-refractivity contribution in [3.63, 3.8) is 0 Å². The molecule has 0 unspecified atom stereocenters. The minimum atomic E-state index is -0.270. The summed E-state index contributed by atoms with van der Waals surface area (Å²) in [6, 6.07) is 17.0. The molecule has 1 N–H and O–H groups in total. The second kappa shape index (κ2) is 10.8. The Bertz CT molecular complexity index is 1340. The van der Waals surface area contributed by atoms with E-state index in [9.17, 15) is 4.79 Å². The number of aryl methyl sites for hydroxylation is 1. The van der Waals surface area contributed by atoms with Crippen molar-refractivity contribution < 1.29 is 4.79 Å². The second-order valence-electron chi connectivity index (χ2n) is 7.36. The Balaban J connectivity index is 1.51. The predicted molar refractivity (Wildman–Crippen MR) is 137 cm³/mol. The molecule has 0 atom stereocenters. The van der Waals surface area contributed by atoms with Crippen LogP contribution in [0.2, 0.25) is 10.0 Å². The highest BCUT2D eigenvalue weighted by Gasteiger charge is 2.17. The van der Waals surface area contributed by atoms with Gasteiger partial charge in [0, 0.05) is 23.6 Å². The molecule has 10 heteroatoms. The number of aromatic nitrogens is 4. The lowest BCUT2D eigenvalue weighted by atomic mass is 10.1. The van der Waals surface area contributed by atoms with Gasteiger partial charge in [-0.15, -0.1) is 10.2 Å². The van der Waals surface area contributed by atoms with Crippen molar-refractivity contribution in [2.75, 3.05) is 5.75 Å². The largest absolute Gasteiger partial charge is 0.272 e. The zero-order valence-corrected chi connectivity index (χ0v) is 20.7. The molecule has 0 aliphatic rings. The van der Waals surface area contributed by atoms with Crippen LogP contribution in [0.3, 0.4) is 0 Å². The number of amides is 1. The monoisotopic (exact) mass is 510 g/mol. The Morgan fingerprint density at radius 1 is 1.03 bits per heavy atom. The number of pyridine rings is 1. The Morgan fingerprint density at radius 2 is 1.76 bits per heavy atom. The van der Waals surface area contributed by atoms with Crippen molar-refractivity contribution in [1.29, 1.82) is 0 Å². The van der Waals surface area contributed by atoms with Gasteiger partial charge in [-0.05, 0) is 55.8 Å². The lowest BCUT2D eigenvalue weighted by Crippen LogP contribution is -2.21. The third-order valence-electron chi connectivity index (χ3n) is 4.88. The molecule has 0 bridgehead atoms. The van der Waals surface area contributed by atoms with Crippen LogP contribution in [0.4, 0.5) is 0 Å². The first-order valence-electron chi connectivity index (χ1n) is 10.3. The van der Waals surface area contributed by atoms with E-state index in [4.69, 9.17) is 23.2 Å². The molecule has 172 valence electrons. The summed E-state index contributed by atoms with van der Waals surface area (Å²) in [5.41, 5.74) is 6.88. The summed E-state index contributed by atoms with van der Waals surface area (Å²) in [5.74, 6) is 0.509. The van der Waals surface area contributed by atoms with E-state index in [2.05, 4.69) is 25.7 Å². The molecule has 2 heterocycles. The van der Waals surface area contributed by atoms with E-state index in [-0.39, 0.29) is 11.7 Å². The van der Waals surface area contributed by atoms with E-state index in [1.807, 2.05) is 47.9 Å². The summed E-state index contributed by atoms with van der Waals surface area (Å²) in [7, 11) is 0. The zero-order chi connectivity index (χ0) is 24.1. The van der Waals surface area contributed by atoms with Gasteiger partial charge in [0.25, 0.3) is 5.91 Å².